The summed E-state index contributed by atoms with van der Waals surface area (Å²) in [6.07, 6.45) is 1.18. The molecule has 3 rings (SSSR count). The second-order valence-electron chi connectivity index (χ2n) is 5.43. The average molecular weight is 276 g/mol. The molecule has 0 aliphatic carbocycles. The number of nitrogens with zero attached hydrogens (tertiary/aromatic N) is 1. The van der Waals surface area contributed by atoms with Crippen LogP contribution in [0.5, 0.6) is 0 Å². The zero-order valence-electron chi connectivity index (χ0n) is 11.4. The fourth-order valence-electron chi connectivity index (χ4n) is 2.51. The first-order valence-corrected chi connectivity index (χ1v) is 7.76. The molecule has 1 saturated heterocycles. The number of ether oxygens (including phenoxy) is 1. The van der Waals surface area contributed by atoms with E-state index in [1.54, 1.807) is 11.3 Å². The molecule has 0 bridgehead atoms. The van der Waals surface area contributed by atoms with Crippen LogP contribution in [-0.2, 0) is 4.74 Å². The maximum absolute atomic E-state index is 5.98. The number of nitrogens with one attached hydrogen (secondary N) is 1. The normalized spacial score (nSPS) is 24.8. The first-order chi connectivity index (χ1) is 9.24. The van der Waals surface area contributed by atoms with Crippen molar-refractivity contribution in [2.75, 3.05) is 13.2 Å². The van der Waals surface area contributed by atoms with Crippen LogP contribution in [0.3, 0.4) is 0 Å². The predicted octanol–water partition coefficient (Wildman–Crippen LogP) is 3.37. The van der Waals surface area contributed by atoms with Crippen molar-refractivity contribution in [3.63, 3.8) is 0 Å². The molecular weight excluding hydrogens is 256 g/mol. The van der Waals surface area contributed by atoms with Gasteiger partial charge in [0.1, 0.15) is 11.1 Å². The van der Waals surface area contributed by atoms with Gasteiger partial charge in [-0.05, 0) is 24.5 Å². The van der Waals surface area contributed by atoms with E-state index in [4.69, 9.17) is 9.72 Å². The molecule has 19 heavy (non-hydrogen) atoms. The number of benzene rings is 1. The minimum absolute atomic E-state index is 0.0983. The maximum atomic E-state index is 5.98. The highest BCUT2D eigenvalue weighted by Crippen LogP contribution is 2.29. The quantitative estimate of drug-likeness (QED) is 0.913. The summed E-state index contributed by atoms with van der Waals surface area (Å²) in [4.78, 5) is 4.70. The summed E-state index contributed by atoms with van der Waals surface area (Å²) in [5.41, 5.74) is 1.08. The number of hydrogen-bond acceptors (Lipinski definition) is 4. The van der Waals surface area contributed by atoms with E-state index in [0.29, 0.717) is 12.0 Å². The molecule has 0 amide bonds. The predicted molar refractivity (Wildman–Crippen MR) is 79.6 cm³/mol. The summed E-state index contributed by atoms with van der Waals surface area (Å²) < 4.78 is 7.23. The van der Waals surface area contributed by atoms with Crippen LogP contribution >= 0.6 is 11.3 Å². The Kier molecular flexibility index (Phi) is 3.82. The van der Waals surface area contributed by atoms with Crippen molar-refractivity contribution in [3.8, 4) is 0 Å². The molecule has 0 spiro atoms. The van der Waals surface area contributed by atoms with Gasteiger partial charge in [-0.25, -0.2) is 4.98 Å². The van der Waals surface area contributed by atoms with Gasteiger partial charge >= 0.3 is 0 Å². The van der Waals surface area contributed by atoms with Crippen molar-refractivity contribution in [2.45, 2.75) is 32.4 Å². The van der Waals surface area contributed by atoms with Crippen LogP contribution in [0.4, 0.5) is 0 Å². The average Bonchev–Trinajstić information content (AvgIpc) is 2.67. The lowest BCUT2D eigenvalue weighted by atomic mass is 10.0. The molecule has 0 saturated carbocycles. The van der Waals surface area contributed by atoms with Crippen LogP contribution in [0.15, 0.2) is 24.3 Å². The summed E-state index contributed by atoms with van der Waals surface area (Å²) in [7, 11) is 0. The van der Waals surface area contributed by atoms with Gasteiger partial charge in [-0.2, -0.15) is 0 Å². The van der Waals surface area contributed by atoms with Crippen LogP contribution in [-0.4, -0.2) is 24.2 Å². The number of thiazole rings is 1. The van der Waals surface area contributed by atoms with Crippen LogP contribution < -0.4 is 5.32 Å². The molecule has 3 nitrogen and oxygen atoms in total. The molecule has 1 N–H and O–H groups in total. The highest BCUT2D eigenvalue weighted by molar-refractivity contribution is 7.18. The number of para-hydroxylation sites is 1. The van der Waals surface area contributed by atoms with Crippen molar-refractivity contribution in [1.29, 1.82) is 0 Å². The van der Waals surface area contributed by atoms with Crippen molar-refractivity contribution < 1.29 is 4.74 Å². The van der Waals surface area contributed by atoms with Crippen molar-refractivity contribution >= 4 is 21.6 Å². The molecule has 2 atom stereocenters. The van der Waals surface area contributed by atoms with Gasteiger partial charge in [0.05, 0.1) is 10.2 Å². The SMILES string of the molecule is CC(C)C1CCOC(c2nc3ccccc3s2)CN1. The van der Waals surface area contributed by atoms with Crippen molar-refractivity contribution in [3.05, 3.63) is 29.3 Å². The third kappa shape index (κ3) is 2.81. The third-order valence-electron chi connectivity index (χ3n) is 3.70. The van der Waals surface area contributed by atoms with Gasteiger partial charge in [-0.1, -0.05) is 26.0 Å². The van der Waals surface area contributed by atoms with Gasteiger partial charge in [-0.3, -0.25) is 0 Å². The summed E-state index contributed by atoms with van der Waals surface area (Å²) in [6, 6.07) is 8.84. The Morgan fingerprint density at radius 2 is 2.21 bits per heavy atom. The van der Waals surface area contributed by atoms with Crippen LogP contribution in [0.25, 0.3) is 10.2 Å². The minimum Gasteiger partial charge on any atom is -0.370 e. The number of fused-ring (bicyclic) bond motifs is 1. The molecule has 102 valence electrons. The Bertz CT molecular complexity index is 519. The van der Waals surface area contributed by atoms with Crippen molar-refractivity contribution in [2.24, 2.45) is 5.92 Å². The molecule has 2 heterocycles. The Hall–Kier alpha value is -0.970. The van der Waals surface area contributed by atoms with Gasteiger partial charge in [0, 0.05) is 19.2 Å². The lowest BCUT2D eigenvalue weighted by molar-refractivity contribution is 0.0660. The molecule has 2 aromatic rings. The smallest absolute Gasteiger partial charge is 0.124 e. The Morgan fingerprint density at radius 1 is 1.37 bits per heavy atom. The fourth-order valence-corrected chi connectivity index (χ4v) is 3.53. The van der Waals surface area contributed by atoms with Crippen molar-refractivity contribution in [1.82, 2.24) is 10.3 Å². The topological polar surface area (TPSA) is 34.1 Å². The van der Waals surface area contributed by atoms with E-state index in [1.165, 1.54) is 4.70 Å². The van der Waals surface area contributed by atoms with E-state index in [0.717, 1.165) is 30.1 Å². The third-order valence-corrected chi connectivity index (χ3v) is 4.83. The summed E-state index contributed by atoms with van der Waals surface area (Å²) in [5.74, 6) is 0.651. The first-order valence-electron chi connectivity index (χ1n) is 6.94. The van der Waals surface area contributed by atoms with Crippen LogP contribution in [0, 0.1) is 5.92 Å². The van der Waals surface area contributed by atoms with Gasteiger partial charge in [-0.15, -0.1) is 11.3 Å². The Labute approximate surface area is 118 Å². The second kappa shape index (κ2) is 5.57. The zero-order valence-corrected chi connectivity index (χ0v) is 12.2. The molecule has 1 aromatic carbocycles. The molecule has 1 aliphatic heterocycles. The van der Waals surface area contributed by atoms with E-state index >= 15 is 0 Å². The fraction of sp³-hybridized carbons (Fsp3) is 0.533. The van der Waals surface area contributed by atoms with Crippen LogP contribution in [0.2, 0.25) is 0 Å². The Balaban J connectivity index is 1.78. The molecule has 1 aromatic heterocycles. The molecule has 1 fully saturated rings. The number of rotatable bonds is 2. The van der Waals surface area contributed by atoms with E-state index in [-0.39, 0.29) is 6.10 Å². The van der Waals surface area contributed by atoms with Crippen LogP contribution in [0.1, 0.15) is 31.4 Å². The minimum atomic E-state index is 0.0983. The van der Waals surface area contributed by atoms with E-state index in [2.05, 4.69) is 37.4 Å². The van der Waals surface area contributed by atoms with Gasteiger partial charge in [0.2, 0.25) is 0 Å². The summed E-state index contributed by atoms with van der Waals surface area (Å²) >= 11 is 1.75. The Morgan fingerprint density at radius 3 is 3.00 bits per heavy atom. The summed E-state index contributed by atoms with van der Waals surface area (Å²) in [6.45, 7) is 6.20. The molecule has 4 heteroatoms. The maximum Gasteiger partial charge on any atom is 0.124 e. The largest absolute Gasteiger partial charge is 0.370 e. The lowest BCUT2D eigenvalue weighted by Crippen LogP contribution is -2.34. The standard InChI is InChI=1S/C15H20N2OS/c1-10(2)11-7-8-18-13(9-16-11)15-17-12-5-3-4-6-14(12)19-15/h3-6,10-11,13,16H,7-9H2,1-2H3. The highest BCUT2D eigenvalue weighted by Gasteiger charge is 2.23. The number of hydrogen-bond donors (Lipinski definition) is 1. The second-order valence-corrected chi connectivity index (χ2v) is 6.49. The first kappa shape index (κ1) is 13.0. The lowest BCUT2D eigenvalue weighted by Gasteiger charge is -2.19. The van der Waals surface area contributed by atoms with E-state index in [9.17, 15) is 0 Å². The van der Waals surface area contributed by atoms with Gasteiger partial charge in [0.15, 0.2) is 0 Å². The van der Waals surface area contributed by atoms with Gasteiger partial charge < -0.3 is 10.1 Å². The number of aromatic nitrogens is 1. The van der Waals surface area contributed by atoms with Gasteiger partial charge in [0.25, 0.3) is 0 Å². The highest BCUT2D eigenvalue weighted by atomic mass is 32.1. The molecule has 2 unspecified atom stereocenters. The van der Waals surface area contributed by atoms with E-state index in [1.807, 2.05) is 6.07 Å². The molecule has 0 radical (unpaired) electrons. The zero-order chi connectivity index (χ0) is 13.2. The monoisotopic (exact) mass is 276 g/mol. The van der Waals surface area contributed by atoms with E-state index < -0.39 is 0 Å². The summed E-state index contributed by atoms with van der Waals surface area (Å²) in [5, 5.41) is 4.71. The molecule has 1 aliphatic rings. The molecular formula is C15H20N2OS.